The van der Waals surface area contributed by atoms with Crippen molar-refractivity contribution in [2.45, 2.75) is 26.0 Å². The first kappa shape index (κ1) is 15.4. The molecule has 3 heteroatoms. The lowest BCUT2D eigenvalue weighted by Gasteiger charge is -2.20. The second-order valence-electron chi connectivity index (χ2n) is 5.22. The van der Waals surface area contributed by atoms with Crippen molar-refractivity contribution in [3.8, 4) is 5.75 Å². The van der Waals surface area contributed by atoms with Crippen LogP contribution in [0.5, 0.6) is 5.75 Å². The monoisotopic (exact) mass is 285 g/mol. The van der Waals surface area contributed by atoms with Crippen LogP contribution in [-0.4, -0.2) is 19.3 Å². The first-order chi connectivity index (χ1) is 10.1. The van der Waals surface area contributed by atoms with E-state index in [0.29, 0.717) is 0 Å². The van der Waals surface area contributed by atoms with Crippen molar-refractivity contribution >= 4 is 5.69 Å². The van der Waals surface area contributed by atoms with Gasteiger partial charge in [0.2, 0.25) is 0 Å². The molecule has 21 heavy (non-hydrogen) atoms. The predicted octanol–water partition coefficient (Wildman–Crippen LogP) is 3.78. The molecule has 0 heterocycles. The molecule has 1 unspecified atom stereocenters. The van der Waals surface area contributed by atoms with Crippen LogP contribution in [0.15, 0.2) is 48.5 Å². The van der Waals surface area contributed by atoms with Crippen molar-refractivity contribution in [2.75, 3.05) is 19.1 Å². The second kappa shape index (κ2) is 7.14. The van der Waals surface area contributed by atoms with Crippen LogP contribution < -0.4 is 9.64 Å². The molecule has 2 rings (SSSR count). The van der Waals surface area contributed by atoms with Crippen molar-refractivity contribution in [2.24, 2.45) is 0 Å². The lowest BCUT2D eigenvalue weighted by Crippen LogP contribution is -2.16. The fourth-order valence-corrected chi connectivity index (χ4v) is 2.28. The Morgan fingerprint density at radius 3 is 2.19 bits per heavy atom. The number of aliphatic hydroxyl groups is 1. The zero-order chi connectivity index (χ0) is 15.2. The summed E-state index contributed by atoms with van der Waals surface area (Å²) in [6, 6.07) is 16.2. The highest BCUT2D eigenvalue weighted by Crippen LogP contribution is 2.22. The molecule has 0 fully saturated rings. The molecule has 1 atom stereocenters. The van der Waals surface area contributed by atoms with Crippen molar-refractivity contribution in [3.05, 3.63) is 59.7 Å². The van der Waals surface area contributed by atoms with Gasteiger partial charge in [0.15, 0.2) is 0 Å². The van der Waals surface area contributed by atoms with E-state index in [0.717, 1.165) is 30.0 Å². The Bertz CT molecular complexity index is 548. The largest absolute Gasteiger partial charge is 0.497 e. The SMILES string of the molecule is CCC(O)c1ccc(N(C)Cc2ccc(OC)cc2)cc1. The highest BCUT2D eigenvalue weighted by molar-refractivity contribution is 5.48. The van der Waals surface area contributed by atoms with Gasteiger partial charge >= 0.3 is 0 Å². The van der Waals surface area contributed by atoms with Gasteiger partial charge in [-0.15, -0.1) is 0 Å². The molecule has 0 aliphatic carbocycles. The molecule has 2 aromatic rings. The van der Waals surface area contributed by atoms with Crippen molar-refractivity contribution in [1.82, 2.24) is 0 Å². The molecule has 0 saturated heterocycles. The maximum absolute atomic E-state index is 9.82. The lowest BCUT2D eigenvalue weighted by molar-refractivity contribution is 0.173. The normalized spacial score (nSPS) is 12.0. The van der Waals surface area contributed by atoms with Crippen LogP contribution >= 0.6 is 0 Å². The number of methoxy groups -OCH3 is 1. The highest BCUT2D eigenvalue weighted by atomic mass is 16.5. The quantitative estimate of drug-likeness (QED) is 0.877. The summed E-state index contributed by atoms with van der Waals surface area (Å²) in [6.07, 6.45) is 0.368. The topological polar surface area (TPSA) is 32.7 Å². The van der Waals surface area contributed by atoms with Crippen LogP contribution in [0.2, 0.25) is 0 Å². The fourth-order valence-electron chi connectivity index (χ4n) is 2.28. The summed E-state index contributed by atoms with van der Waals surface area (Å²) >= 11 is 0. The molecule has 0 radical (unpaired) electrons. The van der Waals surface area contributed by atoms with Crippen molar-refractivity contribution in [1.29, 1.82) is 0 Å². The minimum atomic E-state index is -0.369. The van der Waals surface area contributed by atoms with Gasteiger partial charge in [-0.2, -0.15) is 0 Å². The summed E-state index contributed by atoms with van der Waals surface area (Å²) in [5.41, 5.74) is 3.34. The van der Waals surface area contributed by atoms with Gasteiger partial charge in [-0.1, -0.05) is 31.2 Å². The third kappa shape index (κ3) is 3.99. The average Bonchev–Trinajstić information content (AvgIpc) is 2.55. The van der Waals surface area contributed by atoms with Crippen LogP contribution in [0, 0.1) is 0 Å². The molecule has 3 nitrogen and oxygen atoms in total. The smallest absolute Gasteiger partial charge is 0.118 e. The second-order valence-corrected chi connectivity index (χ2v) is 5.22. The number of hydrogen-bond acceptors (Lipinski definition) is 3. The Hall–Kier alpha value is -2.00. The Morgan fingerprint density at radius 1 is 1.05 bits per heavy atom. The number of hydrogen-bond donors (Lipinski definition) is 1. The fraction of sp³-hybridized carbons (Fsp3) is 0.333. The van der Waals surface area contributed by atoms with E-state index in [9.17, 15) is 5.11 Å². The number of benzene rings is 2. The van der Waals surface area contributed by atoms with E-state index >= 15 is 0 Å². The zero-order valence-electron chi connectivity index (χ0n) is 12.9. The van der Waals surface area contributed by atoms with E-state index in [-0.39, 0.29) is 6.10 Å². The molecule has 0 spiro atoms. The molecule has 0 aromatic heterocycles. The summed E-state index contributed by atoms with van der Waals surface area (Å²) < 4.78 is 5.17. The molecule has 112 valence electrons. The molecular weight excluding hydrogens is 262 g/mol. The van der Waals surface area contributed by atoms with E-state index in [1.54, 1.807) is 7.11 Å². The number of aliphatic hydroxyl groups excluding tert-OH is 1. The summed E-state index contributed by atoms with van der Waals surface area (Å²) in [7, 11) is 3.74. The standard InChI is InChI=1S/C18H23NO2/c1-4-18(20)15-7-9-16(10-8-15)19(2)13-14-5-11-17(21-3)12-6-14/h5-12,18,20H,4,13H2,1-3H3. The van der Waals surface area contributed by atoms with Gasteiger partial charge in [-0.3, -0.25) is 0 Å². The van der Waals surface area contributed by atoms with Gasteiger partial charge in [0.25, 0.3) is 0 Å². The molecule has 0 saturated carbocycles. The average molecular weight is 285 g/mol. The Labute approximate surface area is 126 Å². The molecule has 0 bridgehead atoms. The third-order valence-electron chi connectivity index (χ3n) is 3.68. The van der Waals surface area contributed by atoms with E-state index < -0.39 is 0 Å². The third-order valence-corrected chi connectivity index (χ3v) is 3.68. The van der Waals surface area contributed by atoms with Crippen LogP contribution in [0.25, 0.3) is 0 Å². The van der Waals surface area contributed by atoms with E-state index in [2.05, 4.69) is 36.2 Å². The maximum Gasteiger partial charge on any atom is 0.118 e. The molecule has 2 aromatic carbocycles. The zero-order valence-corrected chi connectivity index (χ0v) is 12.9. The Morgan fingerprint density at radius 2 is 1.67 bits per heavy atom. The molecule has 0 aliphatic heterocycles. The molecule has 0 aliphatic rings. The van der Waals surface area contributed by atoms with Gasteiger partial charge in [-0.05, 0) is 41.8 Å². The minimum absolute atomic E-state index is 0.369. The van der Waals surface area contributed by atoms with E-state index in [4.69, 9.17) is 4.74 Å². The van der Waals surface area contributed by atoms with Crippen LogP contribution in [0.3, 0.4) is 0 Å². The Balaban J connectivity index is 2.03. The summed E-state index contributed by atoms with van der Waals surface area (Å²) in [4.78, 5) is 2.18. The molecule has 1 N–H and O–H groups in total. The van der Waals surface area contributed by atoms with Crippen molar-refractivity contribution < 1.29 is 9.84 Å². The van der Waals surface area contributed by atoms with Gasteiger partial charge in [0.05, 0.1) is 13.2 Å². The van der Waals surface area contributed by atoms with Gasteiger partial charge < -0.3 is 14.7 Å². The van der Waals surface area contributed by atoms with Crippen molar-refractivity contribution in [3.63, 3.8) is 0 Å². The molecule has 0 amide bonds. The van der Waals surface area contributed by atoms with E-state index in [1.807, 2.05) is 31.2 Å². The Kier molecular flexibility index (Phi) is 5.23. The van der Waals surface area contributed by atoms with Gasteiger partial charge in [0, 0.05) is 19.3 Å². The number of ether oxygens (including phenoxy) is 1. The maximum atomic E-state index is 9.82. The summed E-state index contributed by atoms with van der Waals surface area (Å²) in [6.45, 7) is 2.81. The number of nitrogens with zero attached hydrogens (tertiary/aromatic N) is 1. The minimum Gasteiger partial charge on any atom is -0.497 e. The summed E-state index contributed by atoms with van der Waals surface area (Å²) in [5.74, 6) is 0.874. The summed E-state index contributed by atoms with van der Waals surface area (Å²) in [5, 5.41) is 9.82. The first-order valence-electron chi connectivity index (χ1n) is 7.26. The number of rotatable bonds is 6. The lowest BCUT2D eigenvalue weighted by atomic mass is 10.1. The highest BCUT2D eigenvalue weighted by Gasteiger charge is 2.06. The van der Waals surface area contributed by atoms with E-state index in [1.165, 1.54) is 5.56 Å². The first-order valence-corrected chi connectivity index (χ1v) is 7.26. The predicted molar refractivity (Wildman–Crippen MR) is 86.8 cm³/mol. The van der Waals surface area contributed by atoms with Gasteiger partial charge in [-0.25, -0.2) is 0 Å². The number of anilines is 1. The van der Waals surface area contributed by atoms with Crippen LogP contribution in [0.4, 0.5) is 5.69 Å². The van der Waals surface area contributed by atoms with Crippen LogP contribution in [0.1, 0.15) is 30.6 Å². The van der Waals surface area contributed by atoms with Crippen LogP contribution in [-0.2, 0) is 6.54 Å². The molecular formula is C18H23NO2. The van der Waals surface area contributed by atoms with Gasteiger partial charge in [0.1, 0.15) is 5.75 Å².